The van der Waals surface area contributed by atoms with Gasteiger partial charge in [-0.3, -0.25) is 9.59 Å². The molecule has 2 heterocycles. The van der Waals surface area contributed by atoms with Crippen molar-refractivity contribution in [1.82, 2.24) is 14.5 Å². The lowest BCUT2D eigenvalue weighted by Crippen LogP contribution is -2.31. The average Bonchev–Trinajstić information content (AvgIpc) is 3.46. The lowest BCUT2D eigenvalue weighted by molar-refractivity contribution is -0.140. The molecular formula is C25H24ClN3O5. The number of aromatic nitrogens is 2. The highest BCUT2D eigenvalue weighted by Crippen LogP contribution is 2.43. The maximum atomic E-state index is 13.2. The zero-order valence-corrected chi connectivity index (χ0v) is 19.5. The number of aliphatic hydroxyl groups excluding tert-OH is 1. The quantitative estimate of drug-likeness (QED) is 0.296. The lowest BCUT2D eigenvalue weighted by Gasteiger charge is -2.27. The summed E-state index contributed by atoms with van der Waals surface area (Å²) in [7, 11) is 3.04. The standard InChI is InChI=1S/C25H24ClN3O5/c1-33-18-8-9-19(20(14-18)34-2)22-21(23(30)16-4-6-17(26)7-5-16)24(31)25(32)29(22)12-3-11-28-13-10-27-15-28/h4-10,13-15,22,30H,3,11-12H2,1-2H3/t22-/m1/s1. The average molecular weight is 482 g/mol. The molecule has 1 N–H and O–H groups in total. The number of carbonyl (C=O) groups is 2. The predicted molar refractivity (Wildman–Crippen MR) is 127 cm³/mol. The number of Topliss-reactive ketones (excluding diaryl/α,β-unsaturated/α-hetero) is 1. The number of hydrogen-bond donors (Lipinski definition) is 1. The molecule has 4 rings (SSSR count). The molecule has 2 aromatic carbocycles. The van der Waals surface area contributed by atoms with Crippen molar-refractivity contribution in [3.8, 4) is 11.5 Å². The Morgan fingerprint density at radius 2 is 1.85 bits per heavy atom. The molecule has 1 aliphatic heterocycles. The number of methoxy groups -OCH3 is 2. The van der Waals surface area contributed by atoms with E-state index < -0.39 is 17.7 Å². The van der Waals surface area contributed by atoms with E-state index in [-0.39, 0.29) is 11.3 Å². The van der Waals surface area contributed by atoms with E-state index in [0.717, 1.165) is 0 Å². The largest absolute Gasteiger partial charge is 0.507 e. The predicted octanol–water partition coefficient (Wildman–Crippen LogP) is 4.07. The Kier molecular flexibility index (Phi) is 6.88. The van der Waals surface area contributed by atoms with E-state index in [4.69, 9.17) is 21.1 Å². The summed E-state index contributed by atoms with van der Waals surface area (Å²) in [6.45, 7) is 0.909. The molecule has 1 aromatic heterocycles. The van der Waals surface area contributed by atoms with Crippen LogP contribution >= 0.6 is 11.6 Å². The van der Waals surface area contributed by atoms with E-state index in [0.29, 0.717) is 47.2 Å². The molecule has 0 aliphatic carbocycles. The van der Waals surface area contributed by atoms with Crippen LogP contribution in [0.25, 0.3) is 5.76 Å². The second kappa shape index (κ2) is 10.0. The van der Waals surface area contributed by atoms with Crippen LogP contribution in [-0.4, -0.2) is 52.0 Å². The van der Waals surface area contributed by atoms with Crippen LogP contribution in [-0.2, 0) is 16.1 Å². The first-order valence-corrected chi connectivity index (χ1v) is 11.0. The first-order valence-electron chi connectivity index (χ1n) is 10.7. The fourth-order valence-electron chi connectivity index (χ4n) is 4.08. The molecule has 1 fully saturated rings. The summed E-state index contributed by atoms with van der Waals surface area (Å²) >= 11 is 5.98. The summed E-state index contributed by atoms with van der Waals surface area (Å²) in [5.74, 6) is -0.694. The molecule has 1 atom stereocenters. The number of imidazole rings is 1. The van der Waals surface area contributed by atoms with Crippen molar-refractivity contribution < 1.29 is 24.2 Å². The van der Waals surface area contributed by atoms with Crippen molar-refractivity contribution in [3.63, 3.8) is 0 Å². The number of aryl methyl sites for hydroxylation is 1. The van der Waals surface area contributed by atoms with Gasteiger partial charge in [0.25, 0.3) is 11.7 Å². The summed E-state index contributed by atoms with van der Waals surface area (Å²) < 4.78 is 12.8. The molecule has 9 heteroatoms. The summed E-state index contributed by atoms with van der Waals surface area (Å²) in [4.78, 5) is 31.8. The molecule has 0 radical (unpaired) electrons. The molecule has 0 saturated carbocycles. The molecule has 1 amide bonds. The van der Waals surface area contributed by atoms with Crippen LogP contribution in [0, 0.1) is 0 Å². The van der Waals surface area contributed by atoms with Crippen molar-refractivity contribution in [1.29, 1.82) is 0 Å². The Morgan fingerprint density at radius 1 is 1.09 bits per heavy atom. The van der Waals surface area contributed by atoms with Gasteiger partial charge in [0.1, 0.15) is 17.3 Å². The number of ether oxygens (including phenoxy) is 2. The topological polar surface area (TPSA) is 93.9 Å². The number of ketones is 1. The van der Waals surface area contributed by atoms with Crippen molar-refractivity contribution in [2.45, 2.75) is 19.0 Å². The fraction of sp³-hybridized carbons (Fsp3) is 0.240. The van der Waals surface area contributed by atoms with Gasteiger partial charge in [-0.15, -0.1) is 0 Å². The van der Waals surface area contributed by atoms with E-state index >= 15 is 0 Å². The second-order valence-electron chi connectivity index (χ2n) is 7.76. The van der Waals surface area contributed by atoms with Crippen LogP contribution in [0.2, 0.25) is 5.02 Å². The highest BCUT2D eigenvalue weighted by molar-refractivity contribution is 6.46. The van der Waals surface area contributed by atoms with E-state index in [1.54, 1.807) is 55.0 Å². The number of benzene rings is 2. The number of amides is 1. The van der Waals surface area contributed by atoms with Gasteiger partial charge in [0.2, 0.25) is 0 Å². The van der Waals surface area contributed by atoms with Gasteiger partial charge in [-0.2, -0.15) is 0 Å². The Balaban J connectivity index is 1.79. The number of nitrogens with zero attached hydrogens (tertiary/aromatic N) is 3. The first kappa shape index (κ1) is 23.4. The zero-order chi connectivity index (χ0) is 24.2. The molecule has 0 spiro atoms. The van der Waals surface area contributed by atoms with Gasteiger partial charge in [0, 0.05) is 47.7 Å². The first-order chi connectivity index (χ1) is 16.4. The molecule has 8 nitrogen and oxygen atoms in total. The van der Waals surface area contributed by atoms with Crippen LogP contribution in [0.1, 0.15) is 23.6 Å². The van der Waals surface area contributed by atoms with E-state index in [1.807, 2.05) is 10.8 Å². The number of aliphatic hydroxyl groups is 1. The van der Waals surface area contributed by atoms with Crippen LogP contribution in [0.4, 0.5) is 0 Å². The van der Waals surface area contributed by atoms with Gasteiger partial charge in [-0.05, 0) is 42.8 Å². The number of halogens is 1. The summed E-state index contributed by atoms with van der Waals surface area (Å²) in [6, 6.07) is 10.8. The maximum absolute atomic E-state index is 13.2. The van der Waals surface area contributed by atoms with Crippen molar-refractivity contribution in [2.75, 3.05) is 20.8 Å². The van der Waals surface area contributed by atoms with Gasteiger partial charge >= 0.3 is 0 Å². The number of carbonyl (C=O) groups excluding carboxylic acids is 2. The number of hydrogen-bond acceptors (Lipinski definition) is 6. The maximum Gasteiger partial charge on any atom is 0.295 e. The molecule has 1 aliphatic rings. The second-order valence-corrected chi connectivity index (χ2v) is 8.20. The van der Waals surface area contributed by atoms with E-state index in [9.17, 15) is 14.7 Å². The monoisotopic (exact) mass is 481 g/mol. The van der Waals surface area contributed by atoms with E-state index in [2.05, 4.69) is 4.98 Å². The van der Waals surface area contributed by atoms with Gasteiger partial charge in [0.15, 0.2) is 0 Å². The minimum absolute atomic E-state index is 0.00146. The minimum Gasteiger partial charge on any atom is -0.507 e. The van der Waals surface area contributed by atoms with E-state index in [1.165, 1.54) is 19.1 Å². The Bertz CT molecular complexity index is 1220. The number of rotatable bonds is 8. The van der Waals surface area contributed by atoms with Crippen LogP contribution in [0.3, 0.4) is 0 Å². The van der Waals surface area contributed by atoms with Gasteiger partial charge < -0.3 is 24.0 Å². The lowest BCUT2D eigenvalue weighted by atomic mass is 9.94. The summed E-state index contributed by atoms with van der Waals surface area (Å²) in [6.07, 6.45) is 5.79. The highest BCUT2D eigenvalue weighted by Gasteiger charge is 2.46. The Hall–Kier alpha value is -3.78. The van der Waals surface area contributed by atoms with Gasteiger partial charge in [-0.1, -0.05) is 11.6 Å². The van der Waals surface area contributed by atoms with Crippen molar-refractivity contribution >= 4 is 29.1 Å². The third-order valence-corrected chi connectivity index (χ3v) is 6.02. The highest BCUT2D eigenvalue weighted by atomic mass is 35.5. The fourth-order valence-corrected chi connectivity index (χ4v) is 4.21. The summed E-state index contributed by atoms with van der Waals surface area (Å²) in [5.41, 5.74) is 0.956. The molecule has 0 unspecified atom stereocenters. The summed E-state index contributed by atoms with van der Waals surface area (Å²) in [5, 5.41) is 11.6. The zero-order valence-electron chi connectivity index (χ0n) is 18.8. The van der Waals surface area contributed by atoms with Gasteiger partial charge in [-0.25, -0.2) is 4.98 Å². The van der Waals surface area contributed by atoms with Crippen molar-refractivity contribution in [3.05, 3.63) is 82.9 Å². The normalized spacial score (nSPS) is 17.3. The number of likely N-dealkylation sites (tertiary alicyclic amines) is 1. The molecular weight excluding hydrogens is 458 g/mol. The molecule has 3 aromatic rings. The van der Waals surface area contributed by atoms with Gasteiger partial charge in [0.05, 0.1) is 32.2 Å². The molecule has 34 heavy (non-hydrogen) atoms. The smallest absolute Gasteiger partial charge is 0.295 e. The van der Waals surface area contributed by atoms with Crippen LogP contribution in [0.5, 0.6) is 11.5 Å². The third kappa shape index (κ3) is 4.49. The van der Waals surface area contributed by atoms with Crippen molar-refractivity contribution in [2.24, 2.45) is 0 Å². The minimum atomic E-state index is -0.834. The Morgan fingerprint density at radius 3 is 2.50 bits per heavy atom. The van der Waals surface area contributed by atoms with Crippen LogP contribution < -0.4 is 9.47 Å². The molecule has 1 saturated heterocycles. The Labute approximate surface area is 202 Å². The third-order valence-electron chi connectivity index (χ3n) is 5.77. The molecule has 176 valence electrons. The molecule has 0 bridgehead atoms. The van der Waals surface area contributed by atoms with Crippen LogP contribution in [0.15, 0.2) is 66.8 Å². The SMILES string of the molecule is COc1ccc([C@@H]2C(=C(O)c3ccc(Cl)cc3)C(=O)C(=O)N2CCCn2ccnc2)c(OC)c1.